The van der Waals surface area contributed by atoms with Crippen molar-refractivity contribution in [3.63, 3.8) is 0 Å². The lowest BCUT2D eigenvalue weighted by Gasteiger charge is -2.00. The minimum Gasteiger partial charge on any atom is -0.466 e. The van der Waals surface area contributed by atoms with Crippen molar-refractivity contribution in [1.29, 1.82) is 0 Å². The minimum atomic E-state index is -0.393. The molecule has 0 spiro atoms. The Labute approximate surface area is 119 Å². The summed E-state index contributed by atoms with van der Waals surface area (Å²) in [6, 6.07) is 4.13. The van der Waals surface area contributed by atoms with E-state index in [2.05, 4.69) is 4.98 Å². The van der Waals surface area contributed by atoms with Crippen molar-refractivity contribution in [2.45, 2.75) is 13.3 Å². The first kappa shape index (κ1) is 14.0. The minimum absolute atomic E-state index is 0.136. The highest BCUT2D eigenvalue weighted by atomic mass is 35.5. The van der Waals surface area contributed by atoms with E-state index >= 15 is 0 Å². The number of ether oxygens (including phenoxy) is 1. The third kappa shape index (κ3) is 3.52. The molecule has 1 aromatic heterocycles. The zero-order chi connectivity index (χ0) is 13.8. The van der Waals surface area contributed by atoms with Crippen molar-refractivity contribution in [2.24, 2.45) is 0 Å². The van der Waals surface area contributed by atoms with Crippen molar-refractivity contribution in [2.75, 3.05) is 6.61 Å². The summed E-state index contributed by atoms with van der Waals surface area (Å²) in [5.74, 6) is -0.704. The highest BCUT2D eigenvalue weighted by molar-refractivity contribution is 7.10. The maximum Gasteiger partial charge on any atom is 0.312 e. The average Bonchev–Trinajstić information content (AvgIpc) is 2.77. The second-order valence-corrected chi connectivity index (χ2v) is 5.08. The summed E-state index contributed by atoms with van der Waals surface area (Å²) in [7, 11) is 0. The topological polar surface area (TPSA) is 39.2 Å². The van der Waals surface area contributed by atoms with Crippen LogP contribution in [0.15, 0.2) is 23.6 Å². The van der Waals surface area contributed by atoms with Crippen LogP contribution in [0.4, 0.5) is 4.39 Å². The largest absolute Gasteiger partial charge is 0.466 e. The number of rotatable bonds is 4. The summed E-state index contributed by atoms with van der Waals surface area (Å²) >= 11 is 7.31. The number of halogens is 2. The lowest BCUT2D eigenvalue weighted by atomic mass is 10.2. The first-order valence-electron chi connectivity index (χ1n) is 5.65. The van der Waals surface area contributed by atoms with Crippen LogP contribution in [0.1, 0.15) is 11.9 Å². The Morgan fingerprint density at radius 3 is 3.00 bits per heavy atom. The van der Waals surface area contributed by atoms with E-state index in [1.165, 1.54) is 23.5 Å². The van der Waals surface area contributed by atoms with Gasteiger partial charge in [-0.15, -0.1) is 11.3 Å². The van der Waals surface area contributed by atoms with Crippen LogP contribution in [-0.2, 0) is 16.0 Å². The number of thiazole rings is 1. The average molecular weight is 300 g/mol. The van der Waals surface area contributed by atoms with Gasteiger partial charge < -0.3 is 4.74 Å². The number of esters is 1. The van der Waals surface area contributed by atoms with Gasteiger partial charge in [-0.25, -0.2) is 9.37 Å². The standard InChI is InChI=1S/C13H11ClFNO2S/c1-2-18-13(17)6-12-16-11(7-19-12)9-4-3-8(15)5-10(9)14/h3-5,7H,2,6H2,1H3. The first-order valence-corrected chi connectivity index (χ1v) is 6.91. The van der Waals surface area contributed by atoms with Gasteiger partial charge in [0.1, 0.15) is 10.8 Å². The van der Waals surface area contributed by atoms with Crippen molar-refractivity contribution in [1.82, 2.24) is 4.98 Å². The molecule has 0 aliphatic heterocycles. The van der Waals surface area contributed by atoms with Crippen LogP contribution in [0.5, 0.6) is 0 Å². The maximum absolute atomic E-state index is 13.0. The highest BCUT2D eigenvalue weighted by Gasteiger charge is 2.12. The smallest absolute Gasteiger partial charge is 0.312 e. The molecule has 100 valence electrons. The molecular weight excluding hydrogens is 289 g/mol. The van der Waals surface area contributed by atoms with Crippen molar-refractivity contribution < 1.29 is 13.9 Å². The SMILES string of the molecule is CCOC(=O)Cc1nc(-c2ccc(F)cc2Cl)cs1. The Bertz CT molecular complexity index is 600. The van der Waals surface area contributed by atoms with E-state index in [1.54, 1.807) is 18.4 Å². The van der Waals surface area contributed by atoms with E-state index < -0.39 is 5.82 Å². The third-order valence-corrected chi connectivity index (χ3v) is 3.52. The number of benzene rings is 1. The molecule has 0 unspecified atom stereocenters. The van der Waals surface area contributed by atoms with E-state index in [1.807, 2.05) is 0 Å². The fourth-order valence-electron chi connectivity index (χ4n) is 1.55. The summed E-state index contributed by atoms with van der Waals surface area (Å²) in [5, 5.41) is 2.73. The van der Waals surface area contributed by atoms with Crippen LogP contribution in [-0.4, -0.2) is 17.6 Å². The predicted octanol–water partition coefficient (Wildman–Crippen LogP) is 3.71. The van der Waals surface area contributed by atoms with Gasteiger partial charge in [0.25, 0.3) is 0 Å². The second-order valence-electron chi connectivity index (χ2n) is 3.73. The quantitative estimate of drug-likeness (QED) is 0.808. The number of aromatic nitrogens is 1. The molecule has 0 saturated heterocycles. The molecule has 1 aromatic carbocycles. The van der Waals surface area contributed by atoms with Crippen LogP contribution >= 0.6 is 22.9 Å². The van der Waals surface area contributed by atoms with Crippen molar-refractivity contribution >= 4 is 28.9 Å². The molecule has 19 heavy (non-hydrogen) atoms. The predicted molar refractivity (Wildman–Crippen MR) is 72.9 cm³/mol. The molecule has 0 radical (unpaired) electrons. The van der Waals surface area contributed by atoms with E-state index in [-0.39, 0.29) is 12.4 Å². The number of hydrogen-bond acceptors (Lipinski definition) is 4. The normalized spacial score (nSPS) is 10.5. The molecule has 0 aliphatic rings. The van der Waals surface area contributed by atoms with Gasteiger partial charge in [-0.1, -0.05) is 11.6 Å². The summed E-state index contributed by atoms with van der Waals surface area (Å²) in [4.78, 5) is 15.6. The molecule has 0 fully saturated rings. The van der Waals surface area contributed by atoms with Gasteiger partial charge in [0, 0.05) is 10.9 Å². The third-order valence-electron chi connectivity index (χ3n) is 2.36. The molecule has 2 rings (SSSR count). The maximum atomic E-state index is 13.0. The molecule has 0 atom stereocenters. The molecular formula is C13H11ClFNO2S. The first-order chi connectivity index (χ1) is 9.10. The molecule has 0 aliphatic carbocycles. The molecule has 0 amide bonds. The zero-order valence-electron chi connectivity index (χ0n) is 10.2. The number of carbonyl (C=O) groups excluding carboxylic acids is 1. The summed E-state index contributed by atoms with van der Waals surface area (Å²) in [5.41, 5.74) is 1.28. The van der Waals surface area contributed by atoms with E-state index in [4.69, 9.17) is 16.3 Å². The van der Waals surface area contributed by atoms with E-state index in [9.17, 15) is 9.18 Å². The van der Waals surface area contributed by atoms with Gasteiger partial charge in [-0.3, -0.25) is 4.79 Å². The molecule has 0 bridgehead atoms. The molecule has 3 nitrogen and oxygen atoms in total. The fraction of sp³-hybridized carbons (Fsp3) is 0.231. The van der Waals surface area contributed by atoms with Gasteiger partial charge in [0.15, 0.2) is 0 Å². The molecule has 0 N–H and O–H groups in total. The van der Waals surface area contributed by atoms with Crippen LogP contribution in [0, 0.1) is 5.82 Å². The summed E-state index contributed by atoms with van der Waals surface area (Å²) in [6.07, 6.45) is 0.136. The number of hydrogen-bond donors (Lipinski definition) is 0. The molecule has 1 heterocycles. The second kappa shape index (κ2) is 6.12. The molecule has 2 aromatic rings. The monoisotopic (exact) mass is 299 g/mol. The van der Waals surface area contributed by atoms with Crippen molar-refractivity contribution in [3.8, 4) is 11.3 Å². The van der Waals surface area contributed by atoms with Crippen LogP contribution in [0.2, 0.25) is 5.02 Å². The highest BCUT2D eigenvalue weighted by Crippen LogP contribution is 2.29. The van der Waals surface area contributed by atoms with Crippen LogP contribution in [0.3, 0.4) is 0 Å². The van der Waals surface area contributed by atoms with E-state index in [0.717, 1.165) is 0 Å². The number of carbonyl (C=O) groups is 1. The molecule has 6 heteroatoms. The van der Waals surface area contributed by atoms with Crippen LogP contribution in [0.25, 0.3) is 11.3 Å². The van der Waals surface area contributed by atoms with E-state index in [0.29, 0.717) is 27.9 Å². The van der Waals surface area contributed by atoms with Gasteiger partial charge in [-0.2, -0.15) is 0 Å². The van der Waals surface area contributed by atoms with Gasteiger partial charge in [0.05, 0.1) is 23.7 Å². The Morgan fingerprint density at radius 1 is 1.53 bits per heavy atom. The van der Waals surface area contributed by atoms with Crippen molar-refractivity contribution in [3.05, 3.63) is 39.4 Å². The summed E-state index contributed by atoms with van der Waals surface area (Å²) < 4.78 is 17.8. The zero-order valence-corrected chi connectivity index (χ0v) is 11.7. The Hall–Kier alpha value is -1.46. The van der Waals surface area contributed by atoms with Gasteiger partial charge >= 0.3 is 5.97 Å². The van der Waals surface area contributed by atoms with Gasteiger partial charge in [0.2, 0.25) is 0 Å². The lowest BCUT2D eigenvalue weighted by molar-refractivity contribution is -0.142. The van der Waals surface area contributed by atoms with Gasteiger partial charge in [-0.05, 0) is 25.1 Å². The van der Waals surface area contributed by atoms with Crippen LogP contribution < -0.4 is 0 Å². The summed E-state index contributed by atoms with van der Waals surface area (Å²) in [6.45, 7) is 2.10. The fourth-order valence-corrected chi connectivity index (χ4v) is 2.59. The number of nitrogens with zero attached hydrogens (tertiary/aromatic N) is 1. The molecule has 0 saturated carbocycles. The lowest BCUT2D eigenvalue weighted by Crippen LogP contribution is -2.07. The Morgan fingerprint density at radius 2 is 2.32 bits per heavy atom. The Balaban J connectivity index is 2.18. The Kier molecular flexibility index (Phi) is 4.50.